The molecule has 1 aromatic carbocycles. The Kier molecular flexibility index (Phi) is 5.04. The number of anilines is 1. The number of likely N-dealkylation sites (tertiary alicyclic amines) is 1. The van der Waals surface area contributed by atoms with E-state index in [-0.39, 0.29) is 0 Å². The summed E-state index contributed by atoms with van der Waals surface area (Å²) in [5.41, 5.74) is 1.37. The van der Waals surface area contributed by atoms with E-state index in [9.17, 15) is 0 Å². The van der Waals surface area contributed by atoms with E-state index in [4.69, 9.17) is 9.47 Å². The first-order valence-corrected chi connectivity index (χ1v) is 10.5. The van der Waals surface area contributed by atoms with Crippen molar-refractivity contribution in [3.63, 3.8) is 0 Å². The second-order valence-electron chi connectivity index (χ2n) is 8.07. The molecular weight excluding hydrogens is 352 g/mol. The van der Waals surface area contributed by atoms with Crippen LogP contribution in [0.3, 0.4) is 0 Å². The van der Waals surface area contributed by atoms with Crippen molar-refractivity contribution in [2.45, 2.75) is 31.7 Å². The first-order valence-electron chi connectivity index (χ1n) is 10.5. The number of hydrogen-bond donors (Lipinski definition) is 0. The van der Waals surface area contributed by atoms with Gasteiger partial charge in [0, 0.05) is 31.9 Å². The van der Waals surface area contributed by atoms with E-state index >= 15 is 0 Å². The minimum Gasteiger partial charge on any atom is -0.486 e. The van der Waals surface area contributed by atoms with E-state index < -0.39 is 0 Å². The number of aromatic nitrogens is 2. The van der Waals surface area contributed by atoms with Crippen molar-refractivity contribution in [3.05, 3.63) is 42.1 Å². The van der Waals surface area contributed by atoms with Crippen molar-refractivity contribution in [2.24, 2.45) is 5.92 Å². The maximum absolute atomic E-state index is 5.80. The van der Waals surface area contributed by atoms with Crippen LogP contribution in [0, 0.1) is 5.92 Å². The van der Waals surface area contributed by atoms with Gasteiger partial charge >= 0.3 is 0 Å². The molecule has 6 nitrogen and oxygen atoms in total. The average Bonchev–Trinajstić information content (AvgIpc) is 3.23. The predicted molar refractivity (Wildman–Crippen MR) is 108 cm³/mol. The zero-order valence-corrected chi connectivity index (χ0v) is 16.3. The van der Waals surface area contributed by atoms with Gasteiger partial charge < -0.3 is 14.4 Å². The lowest BCUT2D eigenvalue weighted by molar-refractivity contribution is 0.169. The van der Waals surface area contributed by atoms with Crippen molar-refractivity contribution in [1.29, 1.82) is 0 Å². The van der Waals surface area contributed by atoms with Gasteiger partial charge in [0.15, 0.2) is 17.3 Å². The Morgan fingerprint density at radius 3 is 2.64 bits per heavy atom. The smallest absolute Gasteiger partial charge is 0.161 e. The summed E-state index contributed by atoms with van der Waals surface area (Å²) < 4.78 is 11.5. The highest BCUT2D eigenvalue weighted by Crippen LogP contribution is 2.39. The SMILES string of the molecule is c1cnnc(N2CCC(CN3CCC[C@H]3c3ccc4c(c3)OCCO4)CC2)c1. The van der Waals surface area contributed by atoms with Gasteiger partial charge in [-0.05, 0) is 68.0 Å². The number of hydrogen-bond acceptors (Lipinski definition) is 6. The first kappa shape index (κ1) is 17.7. The van der Waals surface area contributed by atoms with Crippen LogP contribution in [-0.4, -0.2) is 54.5 Å². The van der Waals surface area contributed by atoms with Gasteiger partial charge in [-0.25, -0.2) is 0 Å². The Hall–Kier alpha value is -2.34. The molecule has 0 radical (unpaired) electrons. The summed E-state index contributed by atoms with van der Waals surface area (Å²) >= 11 is 0. The Morgan fingerprint density at radius 1 is 0.964 bits per heavy atom. The van der Waals surface area contributed by atoms with E-state index in [1.54, 1.807) is 6.20 Å². The second-order valence-corrected chi connectivity index (χ2v) is 8.07. The standard InChI is InChI=1S/C22H28N4O2/c1-4-22(24-23-9-1)25-11-7-17(8-12-25)16-26-10-2-3-19(26)18-5-6-20-21(15-18)28-14-13-27-20/h1,4-6,9,15,17,19H,2-3,7-8,10-14,16H2/t19-/m0/s1. The van der Waals surface area contributed by atoms with E-state index in [0.717, 1.165) is 36.3 Å². The van der Waals surface area contributed by atoms with Crippen LogP contribution < -0.4 is 14.4 Å². The second kappa shape index (κ2) is 7.95. The van der Waals surface area contributed by atoms with Gasteiger partial charge in [0.05, 0.1) is 0 Å². The van der Waals surface area contributed by atoms with Gasteiger partial charge in [-0.1, -0.05) is 6.07 Å². The van der Waals surface area contributed by atoms with Gasteiger partial charge in [-0.3, -0.25) is 4.90 Å². The van der Waals surface area contributed by atoms with Crippen molar-refractivity contribution in [2.75, 3.05) is 44.3 Å². The van der Waals surface area contributed by atoms with Crippen LogP contribution >= 0.6 is 0 Å². The molecule has 0 amide bonds. The number of fused-ring (bicyclic) bond motifs is 1. The molecule has 0 unspecified atom stereocenters. The number of rotatable bonds is 4. The normalized spacial score (nSPS) is 23.1. The molecule has 0 bridgehead atoms. The van der Waals surface area contributed by atoms with Crippen LogP contribution in [0.4, 0.5) is 5.82 Å². The fourth-order valence-corrected chi connectivity index (χ4v) is 4.83. The van der Waals surface area contributed by atoms with Crippen LogP contribution in [0.1, 0.15) is 37.3 Å². The molecule has 0 saturated carbocycles. The van der Waals surface area contributed by atoms with Gasteiger partial charge in [-0.2, -0.15) is 5.10 Å². The molecule has 2 saturated heterocycles. The molecule has 2 fully saturated rings. The Balaban J connectivity index is 1.21. The lowest BCUT2D eigenvalue weighted by Crippen LogP contribution is -2.39. The van der Waals surface area contributed by atoms with Gasteiger partial charge in [-0.15, -0.1) is 5.10 Å². The van der Waals surface area contributed by atoms with Gasteiger partial charge in [0.25, 0.3) is 0 Å². The average molecular weight is 380 g/mol. The molecular formula is C22H28N4O2. The summed E-state index contributed by atoms with van der Waals surface area (Å²) in [6, 6.07) is 11.1. The monoisotopic (exact) mass is 380 g/mol. The topological polar surface area (TPSA) is 50.7 Å². The minimum atomic E-state index is 0.508. The maximum Gasteiger partial charge on any atom is 0.161 e. The van der Waals surface area contributed by atoms with Crippen LogP contribution in [-0.2, 0) is 0 Å². The molecule has 28 heavy (non-hydrogen) atoms. The molecule has 148 valence electrons. The zero-order valence-electron chi connectivity index (χ0n) is 16.3. The van der Waals surface area contributed by atoms with Crippen molar-refractivity contribution >= 4 is 5.82 Å². The Labute approximate surface area is 166 Å². The number of nitrogens with zero attached hydrogens (tertiary/aromatic N) is 4. The van der Waals surface area contributed by atoms with Gasteiger partial charge in [0.2, 0.25) is 0 Å². The molecule has 2 aromatic rings. The summed E-state index contributed by atoms with van der Waals surface area (Å²) in [6.07, 6.45) is 6.69. The van der Waals surface area contributed by atoms with Crippen LogP contribution in [0.2, 0.25) is 0 Å². The fraction of sp³-hybridized carbons (Fsp3) is 0.545. The largest absolute Gasteiger partial charge is 0.486 e. The molecule has 4 heterocycles. The van der Waals surface area contributed by atoms with Crippen molar-refractivity contribution in [3.8, 4) is 11.5 Å². The van der Waals surface area contributed by atoms with E-state index in [1.807, 2.05) is 6.07 Å². The maximum atomic E-state index is 5.80. The third-order valence-corrected chi connectivity index (χ3v) is 6.30. The number of piperidine rings is 1. The van der Waals surface area contributed by atoms with Crippen LogP contribution in [0.15, 0.2) is 36.5 Å². The first-order chi connectivity index (χ1) is 13.9. The summed E-state index contributed by atoms with van der Waals surface area (Å²) in [7, 11) is 0. The minimum absolute atomic E-state index is 0.508. The third-order valence-electron chi connectivity index (χ3n) is 6.30. The molecule has 0 spiro atoms. The molecule has 5 rings (SSSR count). The molecule has 1 atom stereocenters. The highest BCUT2D eigenvalue weighted by atomic mass is 16.6. The van der Waals surface area contributed by atoms with E-state index in [2.05, 4.69) is 44.3 Å². The Bertz CT molecular complexity index is 792. The molecule has 0 N–H and O–H groups in total. The summed E-state index contributed by atoms with van der Waals surface area (Å²) in [4.78, 5) is 5.06. The van der Waals surface area contributed by atoms with E-state index in [1.165, 1.54) is 44.3 Å². The number of ether oxygens (including phenoxy) is 2. The van der Waals surface area contributed by atoms with Crippen molar-refractivity contribution < 1.29 is 9.47 Å². The highest BCUT2D eigenvalue weighted by molar-refractivity contribution is 5.45. The number of benzene rings is 1. The molecule has 3 aliphatic heterocycles. The molecule has 3 aliphatic rings. The van der Waals surface area contributed by atoms with Crippen LogP contribution in [0.25, 0.3) is 0 Å². The van der Waals surface area contributed by atoms with Crippen molar-refractivity contribution in [1.82, 2.24) is 15.1 Å². The fourth-order valence-electron chi connectivity index (χ4n) is 4.83. The lowest BCUT2D eigenvalue weighted by Gasteiger charge is -2.36. The van der Waals surface area contributed by atoms with Crippen LogP contribution in [0.5, 0.6) is 11.5 Å². The zero-order chi connectivity index (χ0) is 18.8. The Morgan fingerprint density at radius 2 is 1.82 bits per heavy atom. The molecule has 0 aliphatic carbocycles. The summed E-state index contributed by atoms with van der Waals surface area (Å²) in [5.74, 6) is 3.56. The van der Waals surface area contributed by atoms with Gasteiger partial charge in [0.1, 0.15) is 13.2 Å². The summed E-state index contributed by atoms with van der Waals surface area (Å²) in [6.45, 7) is 5.83. The molecule has 6 heteroatoms. The van der Waals surface area contributed by atoms with E-state index in [0.29, 0.717) is 19.3 Å². The highest BCUT2D eigenvalue weighted by Gasteiger charge is 2.30. The molecule has 1 aromatic heterocycles. The lowest BCUT2D eigenvalue weighted by atomic mass is 9.95. The quantitative estimate of drug-likeness (QED) is 0.811. The third kappa shape index (κ3) is 3.65. The predicted octanol–water partition coefficient (Wildman–Crippen LogP) is 3.30. The summed E-state index contributed by atoms with van der Waals surface area (Å²) in [5, 5.41) is 8.28.